The van der Waals surface area contributed by atoms with E-state index in [9.17, 15) is 9.59 Å². The molecule has 0 radical (unpaired) electrons. The number of hydrogen-bond acceptors (Lipinski definition) is 5. The van der Waals surface area contributed by atoms with Crippen molar-refractivity contribution in [2.45, 2.75) is 92.1 Å². The number of carbonyl (C=O) groups excluding carboxylic acids is 2. The van der Waals surface area contributed by atoms with Crippen LogP contribution >= 0.6 is 0 Å². The minimum absolute atomic E-state index is 0.00635. The lowest BCUT2D eigenvalue weighted by molar-refractivity contribution is -0.172. The molecule has 0 N–H and O–H groups in total. The molecule has 5 nitrogen and oxygen atoms in total. The molecule has 5 heteroatoms. The average Bonchev–Trinajstić information content (AvgIpc) is 3.39. The second kappa shape index (κ2) is 12.3. The van der Waals surface area contributed by atoms with Crippen LogP contribution in [0.3, 0.4) is 0 Å². The van der Waals surface area contributed by atoms with Gasteiger partial charge in [-0.3, -0.25) is 4.79 Å². The zero-order valence-electron chi connectivity index (χ0n) is 24.2. The molecule has 4 fully saturated rings. The number of ether oxygens (including phenoxy) is 3. The number of rotatable bonds is 7. The van der Waals surface area contributed by atoms with Gasteiger partial charge in [0.05, 0.1) is 0 Å². The lowest BCUT2D eigenvalue weighted by Crippen LogP contribution is -2.45. The van der Waals surface area contributed by atoms with Gasteiger partial charge < -0.3 is 14.2 Å². The Balaban J connectivity index is 1.39. The maximum Gasteiger partial charge on any atom is 0.508 e. The van der Waals surface area contributed by atoms with Gasteiger partial charge in [0.25, 0.3) is 0 Å². The van der Waals surface area contributed by atoms with Crippen molar-refractivity contribution in [1.29, 1.82) is 0 Å². The van der Waals surface area contributed by atoms with Crippen LogP contribution in [-0.4, -0.2) is 31.4 Å². The summed E-state index contributed by atoms with van der Waals surface area (Å²) in [6, 6.07) is 0. The molecule has 4 aliphatic rings. The van der Waals surface area contributed by atoms with Crippen molar-refractivity contribution in [1.82, 2.24) is 0 Å². The molecule has 1 aliphatic heterocycles. The quantitative estimate of drug-likeness (QED) is 0.250. The third-order valence-corrected chi connectivity index (χ3v) is 9.76. The first kappa shape index (κ1) is 28.7. The zero-order chi connectivity index (χ0) is 27.4. The van der Waals surface area contributed by atoms with E-state index in [1.54, 1.807) is 12.5 Å². The van der Waals surface area contributed by atoms with Gasteiger partial charge in [0.15, 0.2) is 0 Å². The van der Waals surface area contributed by atoms with Gasteiger partial charge in [0.2, 0.25) is 0 Å². The van der Waals surface area contributed by atoms with Gasteiger partial charge in [-0.05, 0) is 86.5 Å². The van der Waals surface area contributed by atoms with E-state index < -0.39 is 11.6 Å². The van der Waals surface area contributed by atoms with Gasteiger partial charge in [-0.15, -0.1) is 0 Å². The Labute approximate surface area is 229 Å². The van der Waals surface area contributed by atoms with Crippen molar-refractivity contribution < 1.29 is 23.8 Å². The molecular weight excluding hydrogens is 476 g/mol. The number of hydrogen-bond donors (Lipinski definition) is 0. The fourth-order valence-corrected chi connectivity index (χ4v) is 6.68. The number of allylic oxidation sites excluding steroid dienone is 6. The topological polar surface area (TPSA) is 61.8 Å². The highest BCUT2D eigenvalue weighted by Gasteiger charge is 2.43. The van der Waals surface area contributed by atoms with Crippen LogP contribution in [0.2, 0.25) is 0 Å². The molecular formula is C33H48O5. The molecule has 1 heterocycles. The van der Waals surface area contributed by atoms with Crippen molar-refractivity contribution >= 4 is 12.1 Å². The number of cyclic esters (lactones) is 2. The summed E-state index contributed by atoms with van der Waals surface area (Å²) in [7, 11) is 0. The van der Waals surface area contributed by atoms with Crippen LogP contribution in [-0.2, 0) is 19.0 Å². The fourth-order valence-electron chi connectivity index (χ4n) is 6.68. The summed E-state index contributed by atoms with van der Waals surface area (Å²) >= 11 is 0. The molecule has 3 saturated carbocycles. The summed E-state index contributed by atoms with van der Waals surface area (Å²) in [4.78, 5) is 24.1. The van der Waals surface area contributed by atoms with E-state index in [0.717, 1.165) is 30.3 Å². The highest BCUT2D eigenvalue weighted by molar-refractivity contribution is 5.78. The third-order valence-electron chi connectivity index (χ3n) is 9.76. The Morgan fingerprint density at radius 3 is 2.47 bits per heavy atom. The first-order chi connectivity index (χ1) is 18.1. The molecule has 0 aromatic carbocycles. The Hall–Kier alpha value is -2.30. The summed E-state index contributed by atoms with van der Waals surface area (Å²) in [5.41, 5.74) is 2.98. The number of carbonyl (C=O) groups is 2. The highest BCUT2D eigenvalue weighted by atomic mass is 16.7. The Bertz CT molecular complexity index is 975. The summed E-state index contributed by atoms with van der Waals surface area (Å²) in [6.45, 7) is 15.4. The normalized spacial score (nSPS) is 33.2. The van der Waals surface area contributed by atoms with Crippen molar-refractivity contribution in [3.8, 4) is 0 Å². The Morgan fingerprint density at radius 1 is 1.03 bits per heavy atom. The second-order valence-electron chi connectivity index (χ2n) is 12.9. The van der Waals surface area contributed by atoms with E-state index in [0.29, 0.717) is 30.1 Å². The molecule has 1 unspecified atom stereocenters. The van der Waals surface area contributed by atoms with Gasteiger partial charge in [0.1, 0.15) is 24.7 Å². The minimum atomic E-state index is -0.955. The Kier molecular flexibility index (Phi) is 9.26. The molecule has 6 atom stereocenters. The molecule has 1 saturated heterocycles. The first-order valence-corrected chi connectivity index (χ1v) is 14.8. The first-order valence-electron chi connectivity index (χ1n) is 14.8. The van der Waals surface area contributed by atoms with Gasteiger partial charge >= 0.3 is 12.1 Å². The maximum atomic E-state index is 12.9. The van der Waals surface area contributed by atoms with E-state index in [1.807, 2.05) is 0 Å². The average molecular weight is 525 g/mol. The molecule has 3 aliphatic carbocycles. The summed E-state index contributed by atoms with van der Waals surface area (Å²) in [5.74, 6) is 3.86. The van der Waals surface area contributed by atoms with Gasteiger partial charge in [0, 0.05) is 6.42 Å². The van der Waals surface area contributed by atoms with Gasteiger partial charge in [-0.2, -0.15) is 0 Å². The van der Waals surface area contributed by atoms with Crippen molar-refractivity contribution in [3.05, 3.63) is 47.6 Å². The minimum Gasteiger partial charge on any atom is -0.461 e. The van der Waals surface area contributed by atoms with E-state index >= 15 is 0 Å². The summed E-state index contributed by atoms with van der Waals surface area (Å²) < 4.78 is 15.8. The molecule has 210 valence electrons. The van der Waals surface area contributed by atoms with E-state index in [-0.39, 0.29) is 25.3 Å². The molecule has 0 spiro atoms. The van der Waals surface area contributed by atoms with Crippen molar-refractivity contribution in [2.24, 2.45) is 40.9 Å². The zero-order valence-corrected chi connectivity index (χ0v) is 24.2. The van der Waals surface area contributed by atoms with Crippen LogP contribution in [0.1, 0.15) is 86.0 Å². The molecule has 38 heavy (non-hydrogen) atoms. The van der Waals surface area contributed by atoms with Gasteiger partial charge in [-0.1, -0.05) is 76.1 Å². The standard InChI is InChI=1S/C33H48O5/c1-21(2)22(3)10-11-24(5)28-17-15-25(29-8-7-9-30(28)29)13-14-26-18-27(16-12-23(26)4)38-31(34)33(6)19-36-32(35)37-20-33/h10-11,13-14,21-22,24,27-30H,4,7-9,12,15-20H2,1-3,5-6H3/b11-10+,25-13+,26-14-/t22-,24+,27-,28-,29-,30?/m0/s1. The largest absolute Gasteiger partial charge is 0.508 e. The van der Waals surface area contributed by atoms with Crippen LogP contribution in [0.4, 0.5) is 4.79 Å². The van der Waals surface area contributed by atoms with Crippen LogP contribution in [0.5, 0.6) is 0 Å². The predicted molar refractivity (Wildman–Crippen MR) is 150 cm³/mol. The monoisotopic (exact) mass is 524 g/mol. The molecule has 0 aromatic rings. The third kappa shape index (κ3) is 6.63. The van der Waals surface area contributed by atoms with E-state index in [2.05, 4.69) is 58.6 Å². The Morgan fingerprint density at radius 2 is 1.76 bits per heavy atom. The van der Waals surface area contributed by atoms with E-state index in [1.165, 1.54) is 37.7 Å². The van der Waals surface area contributed by atoms with Crippen LogP contribution < -0.4 is 0 Å². The smallest absolute Gasteiger partial charge is 0.461 e. The highest BCUT2D eigenvalue weighted by Crippen LogP contribution is 2.51. The molecule has 0 aromatic heterocycles. The molecule has 0 amide bonds. The lowest BCUT2D eigenvalue weighted by Gasteiger charge is -2.39. The van der Waals surface area contributed by atoms with Crippen LogP contribution in [0.15, 0.2) is 47.6 Å². The van der Waals surface area contributed by atoms with Gasteiger partial charge in [-0.25, -0.2) is 4.79 Å². The summed E-state index contributed by atoms with van der Waals surface area (Å²) in [5, 5.41) is 0. The fraction of sp³-hybridized carbons (Fsp3) is 0.697. The van der Waals surface area contributed by atoms with Crippen LogP contribution in [0.25, 0.3) is 0 Å². The number of fused-ring (bicyclic) bond motifs is 1. The van der Waals surface area contributed by atoms with E-state index in [4.69, 9.17) is 14.2 Å². The van der Waals surface area contributed by atoms with Crippen LogP contribution in [0, 0.1) is 40.9 Å². The summed E-state index contributed by atoms with van der Waals surface area (Å²) in [6.07, 6.45) is 17.4. The molecule has 4 rings (SSSR count). The molecule has 0 bridgehead atoms. The second-order valence-corrected chi connectivity index (χ2v) is 12.9. The SMILES string of the molecule is C=C1CC[C@H](OC(=O)C2(C)COC(=O)OC2)C/C1=C/C=C1\CC[C@@H]([C@H](C)/C=C/[C@H](C)C(C)C)C2CCC[C@@H]12. The number of esters is 1. The maximum absolute atomic E-state index is 12.9. The lowest BCUT2D eigenvalue weighted by atomic mass is 9.66. The van der Waals surface area contributed by atoms with Crippen molar-refractivity contribution in [3.63, 3.8) is 0 Å². The predicted octanol–water partition coefficient (Wildman–Crippen LogP) is 7.97. The van der Waals surface area contributed by atoms with Crippen molar-refractivity contribution in [2.75, 3.05) is 13.2 Å².